The molecule has 118 valence electrons. The van der Waals surface area contributed by atoms with Gasteiger partial charge in [0.25, 0.3) is 5.91 Å². The van der Waals surface area contributed by atoms with Gasteiger partial charge in [0, 0.05) is 16.8 Å². The van der Waals surface area contributed by atoms with Crippen molar-refractivity contribution >= 4 is 41.0 Å². The number of nitrogens with zero attached hydrogens (tertiary/aromatic N) is 2. The molecule has 23 heavy (non-hydrogen) atoms. The highest BCUT2D eigenvalue weighted by molar-refractivity contribution is 7.99. The van der Waals surface area contributed by atoms with Crippen molar-refractivity contribution in [3.05, 3.63) is 53.3 Å². The lowest BCUT2D eigenvalue weighted by Crippen LogP contribution is -2.31. The first-order valence-electron chi connectivity index (χ1n) is 6.77. The SMILES string of the molecule is CN1CC(=O)N(c2cc(F)cc(Sc3ccccc3Cl)c2)C1=O. The van der Waals surface area contributed by atoms with Crippen molar-refractivity contribution in [2.24, 2.45) is 0 Å². The number of hydrogen-bond donors (Lipinski definition) is 0. The van der Waals surface area contributed by atoms with Crippen molar-refractivity contribution in [3.8, 4) is 0 Å². The fraction of sp³-hybridized carbons (Fsp3) is 0.125. The Balaban J connectivity index is 1.95. The molecule has 7 heteroatoms. The third-order valence-electron chi connectivity index (χ3n) is 3.32. The van der Waals surface area contributed by atoms with Crippen LogP contribution in [0.15, 0.2) is 52.3 Å². The Morgan fingerprint density at radius 1 is 1.17 bits per heavy atom. The van der Waals surface area contributed by atoms with Gasteiger partial charge in [-0.15, -0.1) is 0 Å². The van der Waals surface area contributed by atoms with Crippen LogP contribution in [0.3, 0.4) is 0 Å². The van der Waals surface area contributed by atoms with Crippen LogP contribution in [0.25, 0.3) is 0 Å². The number of carbonyl (C=O) groups excluding carboxylic acids is 2. The molecule has 3 rings (SSSR count). The van der Waals surface area contributed by atoms with Gasteiger partial charge in [0.1, 0.15) is 12.4 Å². The number of rotatable bonds is 3. The minimum atomic E-state index is -0.521. The number of benzene rings is 2. The van der Waals surface area contributed by atoms with Crippen LogP contribution in [-0.2, 0) is 4.79 Å². The lowest BCUT2D eigenvalue weighted by molar-refractivity contribution is -0.116. The van der Waals surface area contributed by atoms with E-state index in [1.807, 2.05) is 12.1 Å². The molecule has 1 saturated heterocycles. The molecule has 0 aromatic heterocycles. The predicted octanol–water partition coefficient (Wildman–Crippen LogP) is 4.03. The van der Waals surface area contributed by atoms with E-state index in [4.69, 9.17) is 11.6 Å². The van der Waals surface area contributed by atoms with E-state index in [1.54, 1.807) is 18.2 Å². The van der Waals surface area contributed by atoms with E-state index < -0.39 is 11.8 Å². The molecule has 1 aliphatic heterocycles. The van der Waals surface area contributed by atoms with Gasteiger partial charge in [-0.1, -0.05) is 35.5 Å². The van der Waals surface area contributed by atoms with Gasteiger partial charge < -0.3 is 4.90 Å². The Bertz CT molecular complexity index is 799. The van der Waals surface area contributed by atoms with Crippen LogP contribution in [0.2, 0.25) is 5.02 Å². The fourth-order valence-corrected chi connectivity index (χ4v) is 3.43. The predicted molar refractivity (Wildman–Crippen MR) is 87.5 cm³/mol. The summed E-state index contributed by atoms with van der Waals surface area (Å²) in [6.45, 7) is -0.0116. The summed E-state index contributed by atoms with van der Waals surface area (Å²) >= 11 is 7.38. The summed E-state index contributed by atoms with van der Waals surface area (Å²) in [6.07, 6.45) is 0. The molecule has 0 N–H and O–H groups in total. The molecule has 1 aliphatic rings. The quantitative estimate of drug-likeness (QED) is 0.785. The van der Waals surface area contributed by atoms with Gasteiger partial charge in [-0.3, -0.25) is 4.79 Å². The second-order valence-corrected chi connectivity index (χ2v) is 6.57. The van der Waals surface area contributed by atoms with Crippen LogP contribution in [0, 0.1) is 5.82 Å². The van der Waals surface area contributed by atoms with Gasteiger partial charge in [0.2, 0.25) is 0 Å². The van der Waals surface area contributed by atoms with Crippen molar-refractivity contribution in [3.63, 3.8) is 0 Å². The Morgan fingerprint density at radius 3 is 2.57 bits per heavy atom. The summed E-state index contributed by atoms with van der Waals surface area (Å²) in [5.74, 6) is -0.899. The molecule has 2 aromatic carbocycles. The standard InChI is InChI=1S/C16H12ClFN2O2S/c1-19-9-15(21)20(16(19)22)11-6-10(18)7-12(8-11)23-14-5-3-2-4-13(14)17/h2-8H,9H2,1H3. The zero-order valence-corrected chi connectivity index (χ0v) is 13.7. The maximum absolute atomic E-state index is 13.9. The van der Waals surface area contributed by atoms with Gasteiger partial charge in [0.15, 0.2) is 0 Å². The zero-order valence-electron chi connectivity index (χ0n) is 12.1. The number of halogens is 2. The number of carbonyl (C=O) groups is 2. The first kappa shape index (κ1) is 15.8. The topological polar surface area (TPSA) is 40.6 Å². The van der Waals surface area contributed by atoms with Crippen LogP contribution in [-0.4, -0.2) is 30.4 Å². The molecule has 2 aromatic rings. The van der Waals surface area contributed by atoms with Crippen LogP contribution in [0.4, 0.5) is 14.9 Å². The van der Waals surface area contributed by atoms with Crippen molar-refractivity contribution in [2.45, 2.75) is 9.79 Å². The smallest absolute Gasteiger partial charge is 0.318 e. The number of urea groups is 1. The van der Waals surface area contributed by atoms with Gasteiger partial charge in [0.05, 0.1) is 10.7 Å². The second kappa shape index (κ2) is 6.22. The van der Waals surface area contributed by atoms with E-state index in [0.717, 1.165) is 9.80 Å². The van der Waals surface area contributed by atoms with Crippen molar-refractivity contribution in [1.82, 2.24) is 4.90 Å². The maximum atomic E-state index is 13.9. The minimum absolute atomic E-state index is 0.0116. The fourth-order valence-electron chi connectivity index (χ4n) is 2.26. The summed E-state index contributed by atoms with van der Waals surface area (Å²) < 4.78 is 13.9. The molecule has 1 fully saturated rings. The number of anilines is 1. The van der Waals surface area contributed by atoms with E-state index in [0.29, 0.717) is 9.92 Å². The number of amides is 3. The third-order valence-corrected chi connectivity index (χ3v) is 4.81. The molecule has 0 bridgehead atoms. The van der Waals surface area contributed by atoms with Crippen LogP contribution < -0.4 is 4.90 Å². The average Bonchev–Trinajstić information content (AvgIpc) is 2.74. The van der Waals surface area contributed by atoms with Crippen molar-refractivity contribution in [1.29, 1.82) is 0 Å². The first-order valence-corrected chi connectivity index (χ1v) is 7.96. The average molecular weight is 351 g/mol. The summed E-state index contributed by atoms with van der Waals surface area (Å²) in [4.78, 5) is 27.6. The van der Waals surface area contributed by atoms with E-state index in [2.05, 4.69) is 0 Å². The molecule has 0 radical (unpaired) electrons. The van der Waals surface area contributed by atoms with Crippen LogP contribution in [0.5, 0.6) is 0 Å². The molecule has 3 amide bonds. The molecule has 0 aliphatic carbocycles. The highest BCUT2D eigenvalue weighted by atomic mass is 35.5. The van der Waals surface area contributed by atoms with E-state index in [-0.39, 0.29) is 18.1 Å². The Hall–Kier alpha value is -2.05. The Labute approximate surface area is 141 Å². The normalized spacial score (nSPS) is 14.7. The highest BCUT2D eigenvalue weighted by Gasteiger charge is 2.35. The number of likely N-dealkylation sites (N-methyl/N-ethyl adjacent to an activating group) is 1. The molecule has 0 unspecified atom stereocenters. The third kappa shape index (κ3) is 3.18. The van der Waals surface area contributed by atoms with Crippen molar-refractivity contribution in [2.75, 3.05) is 18.5 Å². The van der Waals surface area contributed by atoms with Gasteiger partial charge >= 0.3 is 6.03 Å². The summed E-state index contributed by atoms with van der Waals surface area (Å²) in [7, 11) is 1.53. The largest absolute Gasteiger partial charge is 0.331 e. The Morgan fingerprint density at radius 2 is 1.91 bits per heavy atom. The summed E-state index contributed by atoms with van der Waals surface area (Å²) in [6, 6.07) is 10.8. The van der Waals surface area contributed by atoms with Gasteiger partial charge in [-0.25, -0.2) is 14.1 Å². The van der Waals surface area contributed by atoms with E-state index in [9.17, 15) is 14.0 Å². The van der Waals surface area contributed by atoms with Gasteiger partial charge in [-0.05, 0) is 30.3 Å². The van der Waals surface area contributed by atoms with Crippen LogP contribution in [0.1, 0.15) is 0 Å². The number of imide groups is 1. The molecular formula is C16H12ClFN2O2S. The number of hydrogen-bond acceptors (Lipinski definition) is 3. The maximum Gasteiger partial charge on any atom is 0.331 e. The molecule has 0 spiro atoms. The highest BCUT2D eigenvalue weighted by Crippen LogP contribution is 2.35. The summed E-state index contributed by atoms with van der Waals surface area (Å²) in [5.41, 5.74) is 0.221. The van der Waals surface area contributed by atoms with E-state index in [1.165, 1.54) is 35.8 Å². The lowest BCUT2D eigenvalue weighted by atomic mass is 10.3. The zero-order chi connectivity index (χ0) is 16.6. The van der Waals surface area contributed by atoms with Crippen molar-refractivity contribution < 1.29 is 14.0 Å². The second-order valence-electron chi connectivity index (χ2n) is 5.05. The summed E-state index contributed by atoms with van der Waals surface area (Å²) in [5, 5.41) is 0.552. The minimum Gasteiger partial charge on any atom is -0.318 e. The van der Waals surface area contributed by atoms with Gasteiger partial charge in [-0.2, -0.15) is 0 Å². The van der Waals surface area contributed by atoms with Crippen LogP contribution >= 0.6 is 23.4 Å². The molecular weight excluding hydrogens is 339 g/mol. The lowest BCUT2D eigenvalue weighted by Gasteiger charge is -2.15. The molecule has 0 saturated carbocycles. The molecule has 4 nitrogen and oxygen atoms in total. The Kier molecular flexibility index (Phi) is 4.28. The van der Waals surface area contributed by atoms with E-state index >= 15 is 0 Å². The first-order chi connectivity index (χ1) is 11.0. The monoisotopic (exact) mass is 350 g/mol. The molecule has 1 heterocycles. The molecule has 0 atom stereocenters.